The van der Waals surface area contributed by atoms with E-state index in [2.05, 4.69) is 22.6 Å². The summed E-state index contributed by atoms with van der Waals surface area (Å²) in [5, 5.41) is 0. The monoisotopic (exact) mass is 266 g/mol. The van der Waals surface area contributed by atoms with E-state index in [-0.39, 0.29) is 5.82 Å². The lowest BCUT2D eigenvalue weighted by Gasteiger charge is -2.01. The number of hydrogen-bond acceptors (Lipinski definition) is 1. The minimum Gasteiger partial charge on any atom is -0.380 e. The molecule has 1 rings (SSSR count). The highest BCUT2D eigenvalue weighted by atomic mass is 127. The molecule has 1 aromatic rings. The number of hydrogen-bond donors (Lipinski definition) is 0. The molecule has 0 atom stereocenters. The van der Waals surface area contributed by atoms with E-state index in [0.29, 0.717) is 6.61 Å². The molecule has 0 N–H and O–H groups in total. The molecule has 0 heterocycles. The number of ether oxygens (including phenoxy) is 1. The molecule has 0 saturated carbocycles. The standard InChI is InChI=1S/C8H8FIO/c1-11-5-6-4-7(9)2-3-8(6)10/h2-4H,5H2,1H3. The van der Waals surface area contributed by atoms with E-state index in [4.69, 9.17) is 4.74 Å². The van der Waals surface area contributed by atoms with Gasteiger partial charge in [-0.05, 0) is 46.4 Å². The molecule has 0 amide bonds. The van der Waals surface area contributed by atoms with Crippen LogP contribution in [-0.2, 0) is 11.3 Å². The third kappa shape index (κ3) is 2.41. The Morgan fingerprint density at radius 2 is 2.27 bits per heavy atom. The molecule has 0 aromatic heterocycles. The van der Waals surface area contributed by atoms with Crippen LogP contribution < -0.4 is 0 Å². The van der Waals surface area contributed by atoms with Crippen LogP contribution in [0.2, 0.25) is 0 Å². The quantitative estimate of drug-likeness (QED) is 0.747. The zero-order valence-electron chi connectivity index (χ0n) is 6.10. The van der Waals surface area contributed by atoms with Crippen LogP contribution in [0.3, 0.4) is 0 Å². The number of methoxy groups -OCH3 is 1. The molecule has 0 unspecified atom stereocenters. The number of rotatable bonds is 2. The maximum atomic E-state index is 12.6. The van der Waals surface area contributed by atoms with Gasteiger partial charge in [0.15, 0.2) is 0 Å². The Morgan fingerprint density at radius 1 is 1.55 bits per heavy atom. The van der Waals surface area contributed by atoms with Crippen molar-refractivity contribution in [2.24, 2.45) is 0 Å². The molecule has 0 fully saturated rings. The Kier molecular flexibility index (Phi) is 3.26. The van der Waals surface area contributed by atoms with Gasteiger partial charge < -0.3 is 4.74 Å². The van der Waals surface area contributed by atoms with Crippen LogP contribution in [-0.4, -0.2) is 7.11 Å². The maximum Gasteiger partial charge on any atom is 0.123 e. The first-order valence-electron chi connectivity index (χ1n) is 3.17. The van der Waals surface area contributed by atoms with Gasteiger partial charge in [-0.3, -0.25) is 0 Å². The minimum absolute atomic E-state index is 0.211. The van der Waals surface area contributed by atoms with E-state index in [1.807, 2.05) is 0 Å². The van der Waals surface area contributed by atoms with Gasteiger partial charge in [-0.1, -0.05) is 0 Å². The fourth-order valence-electron chi connectivity index (χ4n) is 0.809. The Labute approximate surface area is 78.7 Å². The zero-order valence-corrected chi connectivity index (χ0v) is 8.26. The third-order valence-corrected chi connectivity index (χ3v) is 2.36. The summed E-state index contributed by atoms with van der Waals surface area (Å²) in [6, 6.07) is 4.68. The van der Waals surface area contributed by atoms with Gasteiger partial charge in [0.25, 0.3) is 0 Å². The molecule has 0 spiro atoms. The van der Waals surface area contributed by atoms with Gasteiger partial charge in [-0.2, -0.15) is 0 Å². The van der Waals surface area contributed by atoms with Gasteiger partial charge in [0.2, 0.25) is 0 Å². The molecule has 1 nitrogen and oxygen atoms in total. The van der Waals surface area contributed by atoms with E-state index in [1.54, 1.807) is 13.2 Å². The fourth-order valence-corrected chi connectivity index (χ4v) is 1.30. The molecule has 0 aliphatic rings. The van der Waals surface area contributed by atoms with Crippen molar-refractivity contribution in [2.45, 2.75) is 6.61 Å². The minimum atomic E-state index is -0.211. The second kappa shape index (κ2) is 4.01. The highest BCUT2D eigenvalue weighted by Gasteiger charge is 1.99. The van der Waals surface area contributed by atoms with Gasteiger partial charge in [-0.25, -0.2) is 4.39 Å². The zero-order chi connectivity index (χ0) is 8.27. The van der Waals surface area contributed by atoms with Crippen molar-refractivity contribution in [1.29, 1.82) is 0 Å². The lowest BCUT2D eigenvalue weighted by atomic mass is 10.2. The van der Waals surface area contributed by atoms with Crippen molar-refractivity contribution < 1.29 is 9.13 Å². The number of benzene rings is 1. The SMILES string of the molecule is COCc1cc(F)ccc1I. The van der Waals surface area contributed by atoms with Crippen LogP contribution in [0, 0.1) is 9.39 Å². The van der Waals surface area contributed by atoms with E-state index in [9.17, 15) is 4.39 Å². The Bertz CT molecular complexity index is 250. The second-order valence-corrected chi connectivity index (χ2v) is 3.33. The van der Waals surface area contributed by atoms with E-state index < -0.39 is 0 Å². The van der Waals surface area contributed by atoms with Crippen LogP contribution in [0.15, 0.2) is 18.2 Å². The molecule has 0 radical (unpaired) electrons. The fraction of sp³-hybridized carbons (Fsp3) is 0.250. The average molecular weight is 266 g/mol. The van der Waals surface area contributed by atoms with Crippen molar-refractivity contribution in [1.82, 2.24) is 0 Å². The van der Waals surface area contributed by atoms with Gasteiger partial charge in [0, 0.05) is 10.7 Å². The number of halogens is 2. The van der Waals surface area contributed by atoms with Gasteiger partial charge in [0.05, 0.1) is 6.61 Å². The molecule has 0 aliphatic carbocycles. The van der Waals surface area contributed by atoms with Crippen molar-refractivity contribution in [3.63, 3.8) is 0 Å². The van der Waals surface area contributed by atoms with Crippen molar-refractivity contribution >= 4 is 22.6 Å². The Hall–Kier alpha value is -0.160. The summed E-state index contributed by atoms with van der Waals surface area (Å²) >= 11 is 2.15. The van der Waals surface area contributed by atoms with Crippen LogP contribution in [0.1, 0.15) is 5.56 Å². The molecule has 0 bridgehead atoms. The summed E-state index contributed by atoms with van der Waals surface area (Å²) in [7, 11) is 1.60. The van der Waals surface area contributed by atoms with Crippen molar-refractivity contribution in [2.75, 3.05) is 7.11 Å². The summed E-state index contributed by atoms with van der Waals surface area (Å²) in [5.41, 5.74) is 0.896. The smallest absolute Gasteiger partial charge is 0.123 e. The molecular formula is C8H8FIO. The third-order valence-electron chi connectivity index (χ3n) is 1.31. The van der Waals surface area contributed by atoms with E-state index in [1.165, 1.54) is 12.1 Å². The summed E-state index contributed by atoms with van der Waals surface area (Å²) in [5.74, 6) is -0.211. The molecular weight excluding hydrogens is 258 g/mol. The normalized spacial score (nSPS) is 10.1. The Balaban J connectivity index is 2.93. The lowest BCUT2D eigenvalue weighted by molar-refractivity contribution is 0.184. The van der Waals surface area contributed by atoms with Crippen LogP contribution in [0.4, 0.5) is 4.39 Å². The molecule has 0 aliphatic heterocycles. The topological polar surface area (TPSA) is 9.23 Å². The van der Waals surface area contributed by atoms with Crippen LogP contribution in [0.25, 0.3) is 0 Å². The molecule has 3 heteroatoms. The second-order valence-electron chi connectivity index (χ2n) is 2.17. The largest absolute Gasteiger partial charge is 0.380 e. The van der Waals surface area contributed by atoms with E-state index >= 15 is 0 Å². The van der Waals surface area contributed by atoms with E-state index in [0.717, 1.165) is 9.13 Å². The highest BCUT2D eigenvalue weighted by Crippen LogP contribution is 2.14. The van der Waals surface area contributed by atoms with Crippen LogP contribution >= 0.6 is 22.6 Å². The summed E-state index contributed by atoms with van der Waals surface area (Å²) < 4.78 is 18.5. The van der Waals surface area contributed by atoms with Crippen molar-refractivity contribution in [3.05, 3.63) is 33.1 Å². The molecule has 60 valence electrons. The van der Waals surface area contributed by atoms with Crippen LogP contribution in [0.5, 0.6) is 0 Å². The van der Waals surface area contributed by atoms with Crippen molar-refractivity contribution in [3.8, 4) is 0 Å². The average Bonchev–Trinajstić information content (AvgIpc) is 1.98. The summed E-state index contributed by atoms with van der Waals surface area (Å²) in [6.07, 6.45) is 0. The first kappa shape index (κ1) is 8.93. The first-order valence-corrected chi connectivity index (χ1v) is 4.25. The lowest BCUT2D eigenvalue weighted by Crippen LogP contribution is -1.92. The summed E-state index contributed by atoms with van der Waals surface area (Å²) in [4.78, 5) is 0. The highest BCUT2D eigenvalue weighted by molar-refractivity contribution is 14.1. The summed E-state index contributed by atoms with van der Waals surface area (Å²) in [6.45, 7) is 0.468. The molecule has 11 heavy (non-hydrogen) atoms. The molecule has 1 aromatic carbocycles. The first-order chi connectivity index (χ1) is 5.24. The predicted molar refractivity (Wildman–Crippen MR) is 49.8 cm³/mol. The van der Waals surface area contributed by atoms with Gasteiger partial charge in [-0.15, -0.1) is 0 Å². The Morgan fingerprint density at radius 3 is 2.91 bits per heavy atom. The van der Waals surface area contributed by atoms with Gasteiger partial charge >= 0.3 is 0 Å². The maximum absolute atomic E-state index is 12.6. The predicted octanol–water partition coefficient (Wildman–Crippen LogP) is 2.58. The molecule has 0 saturated heterocycles. The van der Waals surface area contributed by atoms with Gasteiger partial charge in [0.1, 0.15) is 5.82 Å².